The summed E-state index contributed by atoms with van der Waals surface area (Å²) in [6.07, 6.45) is 2.55. The molecule has 20 heavy (non-hydrogen) atoms. The van der Waals surface area contributed by atoms with Crippen LogP contribution in [0.2, 0.25) is 0 Å². The molecule has 110 valence electrons. The third kappa shape index (κ3) is 4.74. The quantitative estimate of drug-likeness (QED) is 0.824. The van der Waals surface area contributed by atoms with Crippen LogP contribution >= 0.6 is 0 Å². The zero-order chi connectivity index (χ0) is 14.2. The lowest BCUT2D eigenvalue weighted by atomic mass is 10.1. The van der Waals surface area contributed by atoms with Crippen LogP contribution in [0.4, 0.5) is 0 Å². The van der Waals surface area contributed by atoms with Gasteiger partial charge in [-0.2, -0.15) is 0 Å². The minimum Gasteiger partial charge on any atom is -0.497 e. The van der Waals surface area contributed by atoms with Crippen LogP contribution in [-0.4, -0.2) is 38.8 Å². The minimum atomic E-state index is 0.0483. The number of benzene rings is 1. The zero-order valence-corrected chi connectivity index (χ0v) is 11.9. The fraction of sp³-hybridized carbons (Fsp3) is 0.533. The van der Waals surface area contributed by atoms with E-state index in [1.54, 1.807) is 7.11 Å². The van der Waals surface area contributed by atoms with E-state index in [-0.39, 0.29) is 11.9 Å². The van der Waals surface area contributed by atoms with Crippen LogP contribution in [0.25, 0.3) is 0 Å². The van der Waals surface area contributed by atoms with Crippen LogP contribution in [0, 0.1) is 0 Å². The van der Waals surface area contributed by atoms with E-state index >= 15 is 0 Å². The van der Waals surface area contributed by atoms with Gasteiger partial charge in [0.25, 0.3) is 0 Å². The molecule has 5 nitrogen and oxygen atoms in total. The van der Waals surface area contributed by atoms with Gasteiger partial charge in [-0.1, -0.05) is 0 Å². The average Bonchev–Trinajstić information content (AvgIpc) is 2.49. The number of carbonyl (C=O) groups is 1. The largest absolute Gasteiger partial charge is 0.497 e. The number of piperidine rings is 1. The molecular formula is C15H22N2O3. The SMILES string of the molecule is COc1ccc(OCCC(=O)N[C@H]2CCCNC2)cc1. The molecule has 2 N–H and O–H groups in total. The summed E-state index contributed by atoms with van der Waals surface area (Å²) in [5, 5.41) is 6.30. The Hall–Kier alpha value is -1.75. The maximum atomic E-state index is 11.8. The highest BCUT2D eigenvalue weighted by molar-refractivity contribution is 5.76. The first kappa shape index (κ1) is 14.7. The number of rotatable bonds is 6. The predicted molar refractivity (Wildman–Crippen MR) is 77.1 cm³/mol. The second-order valence-corrected chi connectivity index (χ2v) is 4.88. The predicted octanol–water partition coefficient (Wildman–Crippen LogP) is 1.33. The highest BCUT2D eigenvalue weighted by Crippen LogP contribution is 2.17. The van der Waals surface area contributed by atoms with Gasteiger partial charge in [0.05, 0.1) is 20.1 Å². The smallest absolute Gasteiger partial charge is 0.223 e. The first-order chi connectivity index (χ1) is 9.78. The summed E-state index contributed by atoms with van der Waals surface area (Å²) in [7, 11) is 1.63. The number of hydrogen-bond donors (Lipinski definition) is 2. The second kappa shape index (κ2) is 7.75. The van der Waals surface area contributed by atoms with Crippen molar-refractivity contribution in [1.82, 2.24) is 10.6 Å². The summed E-state index contributed by atoms with van der Waals surface area (Å²) in [5.74, 6) is 1.59. The molecule has 0 aromatic heterocycles. The van der Waals surface area contributed by atoms with E-state index in [0.29, 0.717) is 13.0 Å². The topological polar surface area (TPSA) is 59.6 Å². The van der Waals surface area contributed by atoms with Crippen molar-refractivity contribution in [3.8, 4) is 11.5 Å². The Morgan fingerprint density at radius 1 is 1.35 bits per heavy atom. The molecule has 0 unspecified atom stereocenters. The van der Waals surface area contributed by atoms with E-state index < -0.39 is 0 Å². The summed E-state index contributed by atoms with van der Waals surface area (Å²) in [5.41, 5.74) is 0. The van der Waals surface area contributed by atoms with E-state index in [4.69, 9.17) is 9.47 Å². The van der Waals surface area contributed by atoms with Crippen molar-refractivity contribution in [1.29, 1.82) is 0 Å². The van der Waals surface area contributed by atoms with Gasteiger partial charge >= 0.3 is 0 Å². The van der Waals surface area contributed by atoms with Gasteiger partial charge < -0.3 is 20.1 Å². The lowest BCUT2D eigenvalue weighted by molar-refractivity contribution is -0.122. The van der Waals surface area contributed by atoms with E-state index in [1.165, 1.54) is 0 Å². The molecule has 1 aliphatic rings. The van der Waals surface area contributed by atoms with Crippen molar-refractivity contribution in [3.05, 3.63) is 24.3 Å². The average molecular weight is 278 g/mol. The normalized spacial score (nSPS) is 18.4. The summed E-state index contributed by atoms with van der Waals surface area (Å²) < 4.78 is 10.6. The highest BCUT2D eigenvalue weighted by Gasteiger charge is 2.14. The van der Waals surface area contributed by atoms with E-state index in [2.05, 4.69) is 10.6 Å². The van der Waals surface area contributed by atoms with Crippen molar-refractivity contribution in [3.63, 3.8) is 0 Å². The molecule has 1 aromatic carbocycles. The summed E-state index contributed by atoms with van der Waals surface area (Å²) in [4.78, 5) is 11.8. The molecule has 0 saturated carbocycles. The number of hydrogen-bond acceptors (Lipinski definition) is 4. The molecule has 0 radical (unpaired) electrons. The third-order valence-corrected chi connectivity index (χ3v) is 3.32. The Morgan fingerprint density at radius 2 is 2.10 bits per heavy atom. The van der Waals surface area contributed by atoms with Gasteiger partial charge in [-0.15, -0.1) is 0 Å². The van der Waals surface area contributed by atoms with Crippen molar-refractivity contribution in [2.45, 2.75) is 25.3 Å². The number of ether oxygens (including phenoxy) is 2. The van der Waals surface area contributed by atoms with Crippen LogP contribution in [0.5, 0.6) is 11.5 Å². The number of amides is 1. The van der Waals surface area contributed by atoms with Crippen molar-refractivity contribution >= 4 is 5.91 Å². The zero-order valence-electron chi connectivity index (χ0n) is 11.9. The molecule has 1 aliphatic heterocycles. The molecular weight excluding hydrogens is 256 g/mol. The van der Waals surface area contributed by atoms with Crippen molar-refractivity contribution < 1.29 is 14.3 Å². The second-order valence-electron chi connectivity index (χ2n) is 4.88. The summed E-state index contributed by atoms with van der Waals surface area (Å²) in [6, 6.07) is 7.60. The molecule has 1 aromatic rings. The first-order valence-electron chi connectivity index (χ1n) is 7.05. The lowest BCUT2D eigenvalue weighted by Gasteiger charge is -2.23. The van der Waals surface area contributed by atoms with Gasteiger partial charge in [0, 0.05) is 12.6 Å². The molecule has 1 saturated heterocycles. The molecule has 0 bridgehead atoms. The minimum absolute atomic E-state index is 0.0483. The van der Waals surface area contributed by atoms with Crippen LogP contribution in [0.15, 0.2) is 24.3 Å². The lowest BCUT2D eigenvalue weighted by Crippen LogP contribution is -2.45. The van der Waals surface area contributed by atoms with Crippen LogP contribution < -0.4 is 20.1 Å². The molecule has 2 rings (SSSR count). The number of carbonyl (C=O) groups excluding carboxylic acids is 1. The Kier molecular flexibility index (Phi) is 5.68. The molecule has 1 heterocycles. The van der Waals surface area contributed by atoms with E-state index in [1.807, 2.05) is 24.3 Å². The van der Waals surface area contributed by atoms with Crippen molar-refractivity contribution in [2.75, 3.05) is 26.8 Å². The Labute approximate surface area is 119 Å². The molecule has 1 fully saturated rings. The molecule has 5 heteroatoms. The highest BCUT2D eigenvalue weighted by atomic mass is 16.5. The van der Waals surface area contributed by atoms with Crippen molar-refractivity contribution in [2.24, 2.45) is 0 Å². The molecule has 1 amide bonds. The van der Waals surface area contributed by atoms with Gasteiger partial charge in [0.2, 0.25) is 5.91 Å². The summed E-state index contributed by atoms with van der Waals surface area (Å²) >= 11 is 0. The van der Waals surface area contributed by atoms with Gasteiger partial charge in [0.1, 0.15) is 11.5 Å². The molecule has 0 aliphatic carbocycles. The number of nitrogens with one attached hydrogen (secondary N) is 2. The van der Waals surface area contributed by atoms with Gasteiger partial charge in [-0.05, 0) is 43.7 Å². The van der Waals surface area contributed by atoms with Gasteiger partial charge in [-0.25, -0.2) is 0 Å². The standard InChI is InChI=1S/C15H22N2O3/c1-19-13-4-6-14(7-5-13)20-10-8-15(18)17-12-3-2-9-16-11-12/h4-7,12,16H,2-3,8-11H2,1H3,(H,17,18)/t12-/m0/s1. The first-order valence-corrected chi connectivity index (χ1v) is 7.05. The van der Waals surface area contributed by atoms with Gasteiger partial charge in [0.15, 0.2) is 0 Å². The van der Waals surface area contributed by atoms with E-state index in [0.717, 1.165) is 37.4 Å². The Morgan fingerprint density at radius 3 is 2.75 bits per heavy atom. The van der Waals surface area contributed by atoms with E-state index in [9.17, 15) is 4.79 Å². The molecule has 0 spiro atoms. The third-order valence-electron chi connectivity index (χ3n) is 3.32. The van der Waals surface area contributed by atoms with Crippen LogP contribution in [-0.2, 0) is 4.79 Å². The summed E-state index contributed by atoms with van der Waals surface area (Å²) in [6.45, 7) is 2.30. The maximum absolute atomic E-state index is 11.8. The van der Waals surface area contributed by atoms with Crippen LogP contribution in [0.3, 0.4) is 0 Å². The Balaban J connectivity index is 1.65. The number of methoxy groups -OCH3 is 1. The maximum Gasteiger partial charge on any atom is 0.223 e. The fourth-order valence-corrected chi connectivity index (χ4v) is 2.21. The Bertz CT molecular complexity index is 414. The van der Waals surface area contributed by atoms with Gasteiger partial charge in [-0.3, -0.25) is 4.79 Å². The monoisotopic (exact) mass is 278 g/mol. The fourth-order valence-electron chi connectivity index (χ4n) is 2.21. The van der Waals surface area contributed by atoms with Crippen LogP contribution in [0.1, 0.15) is 19.3 Å². The molecule has 1 atom stereocenters.